The second-order valence-electron chi connectivity index (χ2n) is 7.74. The summed E-state index contributed by atoms with van der Waals surface area (Å²) < 4.78 is 40.8. The van der Waals surface area contributed by atoms with Gasteiger partial charge in [-0.05, 0) is 31.2 Å². The number of hydrogen-bond acceptors (Lipinski definition) is 7. The quantitative estimate of drug-likeness (QED) is 0.355. The normalized spacial score (nSPS) is 12.3. The summed E-state index contributed by atoms with van der Waals surface area (Å²) in [7, 11) is 1.50. The van der Waals surface area contributed by atoms with Gasteiger partial charge < -0.3 is 9.26 Å². The SMILES string of the molecule is COCC(C)n1c(=O)c2c(-c3noc(-c4ccc(F)cc4F)n3)ncn2c2ccc(Cl)c(C#N)c21. The van der Waals surface area contributed by atoms with Crippen LogP contribution in [-0.4, -0.2) is 37.8 Å². The molecule has 0 amide bonds. The number of imidazole rings is 1. The van der Waals surface area contributed by atoms with Crippen LogP contribution in [0.1, 0.15) is 18.5 Å². The average molecular weight is 497 g/mol. The zero-order valence-electron chi connectivity index (χ0n) is 18.3. The van der Waals surface area contributed by atoms with Crippen LogP contribution in [-0.2, 0) is 4.74 Å². The maximum absolute atomic E-state index is 14.2. The molecule has 12 heteroatoms. The number of nitriles is 1. The van der Waals surface area contributed by atoms with E-state index in [-0.39, 0.29) is 45.7 Å². The summed E-state index contributed by atoms with van der Waals surface area (Å²) in [6.07, 6.45) is 1.39. The van der Waals surface area contributed by atoms with Crippen LogP contribution in [0.3, 0.4) is 0 Å². The van der Waals surface area contributed by atoms with Crippen molar-refractivity contribution in [3.05, 3.63) is 69.2 Å². The lowest BCUT2D eigenvalue weighted by Crippen LogP contribution is -2.28. The summed E-state index contributed by atoms with van der Waals surface area (Å²) in [6, 6.07) is 7.76. The molecule has 1 atom stereocenters. The van der Waals surface area contributed by atoms with Crippen molar-refractivity contribution < 1.29 is 18.0 Å². The van der Waals surface area contributed by atoms with Gasteiger partial charge in [0, 0.05) is 13.2 Å². The van der Waals surface area contributed by atoms with Gasteiger partial charge in [-0.25, -0.2) is 13.8 Å². The van der Waals surface area contributed by atoms with Gasteiger partial charge in [-0.1, -0.05) is 16.8 Å². The smallest absolute Gasteiger partial charge is 0.278 e. The molecule has 0 radical (unpaired) electrons. The second kappa shape index (κ2) is 8.57. The van der Waals surface area contributed by atoms with E-state index in [9.17, 15) is 18.8 Å². The number of nitrogens with zero attached hydrogens (tertiary/aromatic N) is 6. The van der Waals surface area contributed by atoms with E-state index in [4.69, 9.17) is 20.9 Å². The van der Waals surface area contributed by atoms with Crippen LogP contribution < -0.4 is 5.56 Å². The van der Waals surface area contributed by atoms with Crippen molar-refractivity contribution in [3.63, 3.8) is 0 Å². The number of ether oxygens (including phenoxy) is 1. The highest BCUT2D eigenvalue weighted by Gasteiger charge is 2.25. The number of rotatable bonds is 5. The molecule has 1 unspecified atom stereocenters. The van der Waals surface area contributed by atoms with E-state index in [0.717, 1.165) is 6.07 Å². The first-order valence-corrected chi connectivity index (χ1v) is 10.7. The van der Waals surface area contributed by atoms with Gasteiger partial charge in [0.15, 0.2) is 0 Å². The Morgan fingerprint density at radius 1 is 1.26 bits per heavy atom. The highest BCUT2D eigenvalue weighted by atomic mass is 35.5. The van der Waals surface area contributed by atoms with E-state index in [0.29, 0.717) is 17.1 Å². The van der Waals surface area contributed by atoms with Gasteiger partial charge >= 0.3 is 0 Å². The lowest BCUT2D eigenvalue weighted by Gasteiger charge is -2.19. The maximum Gasteiger partial charge on any atom is 0.278 e. The molecule has 0 saturated carbocycles. The molecule has 0 bridgehead atoms. The van der Waals surface area contributed by atoms with Gasteiger partial charge in [-0.3, -0.25) is 13.8 Å². The number of hydrogen-bond donors (Lipinski definition) is 0. The number of benzene rings is 2. The zero-order valence-corrected chi connectivity index (χ0v) is 19.0. The van der Waals surface area contributed by atoms with Crippen LogP contribution in [0.5, 0.6) is 0 Å². The van der Waals surface area contributed by atoms with E-state index in [1.54, 1.807) is 19.1 Å². The number of fused-ring (bicyclic) bond motifs is 3. The van der Waals surface area contributed by atoms with Crippen molar-refractivity contribution in [1.29, 1.82) is 5.26 Å². The Morgan fingerprint density at radius 3 is 2.77 bits per heavy atom. The maximum atomic E-state index is 14.2. The van der Waals surface area contributed by atoms with Crippen molar-refractivity contribution >= 4 is 28.2 Å². The Kier molecular flexibility index (Phi) is 5.55. The fraction of sp³-hybridized carbons (Fsp3) is 0.174. The summed E-state index contributed by atoms with van der Waals surface area (Å²) in [4.78, 5) is 22.3. The van der Waals surface area contributed by atoms with Crippen LogP contribution in [0.15, 0.2) is 46.0 Å². The molecule has 0 N–H and O–H groups in total. The average Bonchev–Trinajstić information content (AvgIpc) is 3.47. The van der Waals surface area contributed by atoms with E-state index in [1.165, 1.54) is 28.5 Å². The molecule has 5 aromatic rings. The summed E-state index contributed by atoms with van der Waals surface area (Å²) >= 11 is 6.26. The molecule has 2 aromatic carbocycles. The number of aromatic nitrogens is 5. The van der Waals surface area contributed by atoms with Crippen LogP contribution >= 0.6 is 11.6 Å². The molecule has 5 rings (SSSR count). The molecule has 9 nitrogen and oxygen atoms in total. The fourth-order valence-corrected chi connectivity index (χ4v) is 4.24. The van der Waals surface area contributed by atoms with E-state index >= 15 is 0 Å². The Balaban J connectivity index is 1.80. The predicted octanol–water partition coefficient (Wildman–Crippen LogP) is 4.38. The third kappa shape index (κ3) is 3.54. The fourth-order valence-electron chi connectivity index (χ4n) is 4.04. The van der Waals surface area contributed by atoms with Crippen molar-refractivity contribution in [3.8, 4) is 29.0 Å². The standard InChI is InChI=1S/C23H15ClF2N6O3/c1-11(9-34-2)32-19-14(8-27)15(24)5-6-17(19)31-10-28-18(20(31)23(32)33)21-29-22(35-30-21)13-4-3-12(25)7-16(13)26/h3-7,10-11H,9H2,1-2H3. The monoisotopic (exact) mass is 496 g/mol. The minimum absolute atomic E-state index is 0.0666. The van der Waals surface area contributed by atoms with Gasteiger partial charge in [0.1, 0.15) is 35.2 Å². The van der Waals surface area contributed by atoms with Gasteiger partial charge in [-0.2, -0.15) is 10.2 Å². The van der Waals surface area contributed by atoms with Crippen LogP contribution in [0.25, 0.3) is 39.5 Å². The molecule has 176 valence electrons. The number of halogens is 3. The zero-order chi connectivity index (χ0) is 24.9. The molecule has 0 saturated heterocycles. The largest absolute Gasteiger partial charge is 0.383 e. The second-order valence-corrected chi connectivity index (χ2v) is 8.15. The first kappa shape index (κ1) is 22.6. The molecule has 3 heterocycles. The summed E-state index contributed by atoms with van der Waals surface area (Å²) in [6.45, 7) is 1.95. The summed E-state index contributed by atoms with van der Waals surface area (Å²) in [5, 5.41) is 13.8. The Hall–Kier alpha value is -4.14. The topological polar surface area (TPSA) is 111 Å². The Morgan fingerprint density at radius 2 is 2.06 bits per heavy atom. The minimum Gasteiger partial charge on any atom is -0.383 e. The molecule has 0 fully saturated rings. The van der Waals surface area contributed by atoms with Gasteiger partial charge in [-0.15, -0.1) is 0 Å². The van der Waals surface area contributed by atoms with Gasteiger partial charge in [0.25, 0.3) is 11.4 Å². The highest BCUT2D eigenvalue weighted by molar-refractivity contribution is 6.32. The molecule has 35 heavy (non-hydrogen) atoms. The summed E-state index contributed by atoms with van der Waals surface area (Å²) in [5.41, 5.74) is 0.560. The molecular weight excluding hydrogens is 482 g/mol. The van der Waals surface area contributed by atoms with Crippen LogP contribution in [0.2, 0.25) is 5.02 Å². The molecule has 0 aliphatic carbocycles. The minimum atomic E-state index is -0.877. The molecule has 0 aliphatic rings. The lowest BCUT2D eigenvalue weighted by atomic mass is 10.1. The third-order valence-electron chi connectivity index (χ3n) is 5.55. The molecule has 0 aliphatic heterocycles. The van der Waals surface area contributed by atoms with Crippen LogP contribution in [0.4, 0.5) is 8.78 Å². The van der Waals surface area contributed by atoms with Gasteiger partial charge in [0.05, 0.1) is 39.8 Å². The van der Waals surface area contributed by atoms with E-state index < -0.39 is 23.2 Å². The van der Waals surface area contributed by atoms with Crippen molar-refractivity contribution in [2.24, 2.45) is 0 Å². The molecule has 3 aromatic heterocycles. The molecule has 0 spiro atoms. The highest BCUT2D eigenvalue weighted by Crippen LogP contribution is 2.30. The summed E-state index contributed by atoms with van der Waals surface area (Å²) in [5.74, 6) is -1.90. The van der Waals surface area contributed by atoms with Gasteiger partial charge in [0.2, 0.25) is 5.82 Å². The Bertz CT molecular complexity index is 1720. The molecular formula is C23H15ClF2N6O3. The van der Waals surface area contributed by atoms with E-state index in [1.807, 2.05) is 0 Å². The Labute approximate surface area is 200 Å². The van der Waals surface area contributed by atoms with Crippen molar-refractivity contribution in [2.75, 3.05) is 13.7 Å². The van der Waals surface area contributed by atoms with Crippen molar-refractivity contribution in [2.45, 2.75) is 13.0 Å². The van der Waals surface area contributed by atoms with Crippen LogP contribution in [0, 0.1) is 23.0 Å². The third-order valence-corrected chi connectivity index (χ3v) is 5.87. The lowest BCUT2D eigenvalue weighted by molar-refractivity contribution is 0.162. The van der Waals surface area contributed by atoms with Crippen molar-refractivity contribution in [1.82, 2.24) is 24.1 Å². The number of methoxy groups -OCH3 is 1. The van der Waals surface area contributed by atoms with E-state index in [2.05, 4.69) is 21.2 Å². The first-order valence-electron chi connectivity index (χ1n) is 10.3. The predicted molar refractivity (Wildman–Crippen MR) is 122 cm³/mol. The first-order chi connectivity index (χ1) is 16.8.